The largest absolute Gasteiger partial charge is 0.395 e. The van der Waals surface area contributed by atoms with Crippen molar-refractivity contribution in [3.63, 3.8) is 0 Å². The lowest BCUT2D eigenvalue weighted by Gasteiger charge is -2.27. The molecule has 1 aromatic rings. The van der Waals surface area contributed by atoms with Gasteiger partial charge in [0.1, 0.15) is 6.33 Å². The average molecular weight is 273 g/mol. The fraction of sp³-hybridized carbons (Fsp3) is 0.667. The van der Waals surface area contributed by atoms with Crippen molar-refractivity contribution in [2.24, 2.45) is 5.73 Å². The smallest absolute Gasteiger partial charge is 0.115 e. The van der Waals surface area contributed by atoms with E-state index in [9.17, 15) is 0 Å². The third-order valence-corrected chi connectivity index (χ3v) is 3.22. The molecular weight excluding hydrogens is 252 g/mol. The predicted octanol–water partition coefficient (Wildman–Crippen LogP) is 0.356. The molecule has 2 rings (SSSR count). The first-order valence-corrected chi connectivity index (χ1v) is 6.16. The van der Waals surface area contributed by atoms with Gasteiger partial charge in [0.2, 0.25) is 0 Å². The Bertz CT molecular complexity index is 364. The Labute approximate surface area is 114 Å². The molecule has 0 aliphatic carbocycles. The third-order valence-electron chi connectivity index (χ3n) is 3.22. The second kappa shape index (κ2) is 7.63. The first-order chi connectivity index (χ1) is 8.29. The summed E-state index contributed by atoms with van der Waals surface area (Å²) in [6.45, 7) is 3.10. The number of nitrogens with two attached hydrogens (primary N) is 1. The van der Waals surface area contributed by atoms with Crippen LogP contribution in [0.4, 0.5) is 0 Å². The van der Waals surface area contributed by atoms with Crippen molar-refractivity contribution in [3.8, 4) is 0 Å². The Morgan fingerprint density at radius 2 is 2.33 bits per heavy atom. The molecule has 0 aromatic carbocycles. The van der Waals surface area contributed by atoms with Gasteiger partial charge in [-0.05, 0) is 19.4 Å². The fourth-order valence-corrected chi connectivity index (χ4v) is 2.18. The highest BCUT2D eigenvalue weighted by atomic mass is 35.5. The summed E-state index contributed by atoms with van der Waals surface area (Å²) in [5.74, 6) is 0. The maximum absolute atomic E-state index is 8.85. The zero-order valence-electron chi connectivity index (χ0n) is 10.5. The highest BCUT2D eigenvalue weighted by Gasteiger charge is 2.16. The number of rotatable bonds is 5. The van der Waals surface area contributed by atoms with Crippen molar-refractivity contribution >= 4 is 12.4 Å². The summed E-state index contributed by atoms with van der Waals surface area (Å²) in [6.07, 6.45) is 6.45. The van der Waals surface area contributed by atoms with E-state index in [1.165, 1.54) is 11.3 Å². The van der Waals surface area contributed by atoms with Crippen LogP contribution in [0.25, 0.3) is 0 Å². The van der Waals surface area contributed by atoms with Gasteiger partial charge in [0.25, 0.3) is 0 Å². The van der Waals surface area contributed by atoms with Gasteiger partial charge in [0, 0.05) is 43.0 Å². The van der Waals surface area contributed by atoms with Crippen molar-refractivity contribution in [1.29, 1.82) is 0 Å². The standard InChI is InChI=1S/C12H20N4O.ClH/c13-11(8-17)2-1-4-16-5-3-12-10(7-16)6-14-9-15-12;/h6,9,11,17H,1-5,7-8,13H2;1H. The van der Waals surface area contributed by atoms with Crippen molar-refractivity contribution < 1.29 is 5.11 Å². The van der Waals surface area contributed by atoms with Gasteiger partial charge in [-0.15, -0.1) is 12.4 Å². The van der Waals surface area contributed by atoms with Crippen molar-refractivity contribution in [3.05, 3.63) is 23.8 Å². The molecule has 1 aliphatic heterocycles. The van der Waals surface area contributed by atoms with E-state index in [1.807, 2.05) is 6.20 Å². The maximum Gasteiger partial charge on any atom is 0.115 e. The minimum atomic E-state index is -0.0737. The van der Waals surface area contributed by atoms with E-state index >= 15 is 0 Å². The van der Waals surface area contributed by atoms with Crippen LogP contribution >= 0.6 is 12.4 Å². The van der Waals surface area contributed by atoms with Gasteiger partial charge in [-0.2, -0.15) is 0 Å². The summed E-state index contributed by atoms with van der Waals surface area (Å²) in [6, 6.07) is -0.0737. The van der Waals surface area contributed by atoms with Crippen molar-refractivity contribution in [2.45, 2.75) is 31.8 Å². The molecular formula is C12H21ClN4O. The number of nitrogens with zero attached hydrogens (tertiary/aromatic N) is 3. The highest BCUT2D eigenvalue weighted by Crippen LogP contribution is 2.15. The molecule has 5 nitrogen and oxygen atoms in total. The van der Waals surface area contributed by atoms with Crippen LogP contribution in [0, 0.1) is 0 Å². The lowest BCUT2D eigenvalue weighted by Crippen LogP contribution is -2.33. The number of aliphatic hydroxyl groups excluding tert-OH is 1. The molecule has 102 valence electrons. The predicted molar refractivity (Wildman–Crippen MR) is 72.6 cm³/mol. The number of hydrogen-bond donors (Lipinski definition) is 2. The summed E-state index contributed by atoms with van der Waals surface area (Å²) in [5.41, 5.74) is 8.10. The average Bonchev–Trinajstić information content (AvgIpc) is 2.38. The molecule has 1 aliphatic rings. The summed E-state index contributed by atoms with van der Waals surface area (Å²) in [7, 11) is 0. The van der Waals surface area contributed by atoms with Crippen LogP contribution in [-0.4, -0.2) is 45.7 Å². The van der Waals surface area contributed by atoms with Crippen LogP contribution in [-0.2, 0) is 13.0 Å². The second-order valence-corrected chi connectivity index (χ2v) is 4.61. The molecule has 0 saturated carbocycles. The zero-order chi connectivity index (χ0) is 12.1. The normalized spacial score (nSPS) is 16.8. The van der Waals surface area contributed by atoms with E-state index < -0.39 is 0 Å². The summed E-state index contributed by atoms with van der Waals surface area (Å²) in [4.78, 5) is 10.7. The molecule has 1 aromatic heterocycles. The number of aromatic nitrogens is 2. The fourth-order valence-electron chi connectivity index (χ4n) is 2.18. The molecule has 1 atom stereocenters. The number of hydrogen-bond acceptors (Lipinski definition) is 5. The third kappa shape index (κ3) is 4.17. The Balaban J connectivity index is 0.00000162. The summed E-state index contributed by atoms with van der Waals surface area (Å²) < 4.78 is 0. The van der Waals surface area contributed by atoms with Crippen LogP contribution in [0.2, 0.25) is 0 Å². The minimum Gasteiger partial charge on any atom is -0.395 e. The number of aliphatic hydroxyl groups is 1. The van der Waals surface area contributed by atoms with E-state index in [-0.39, 0.29) is 25.1 Å². The molecule has 18 heavy (non-hydrogen) atoms. The Hall–Kier alpha value is -0.750. The minimum absolute atomic E-state index is 0. The van der Waals surface area contributed by atoms with Crippen molar-refractivity contribution in [1.82, 2.24) is 14.9 Å². The van der Waals surface area contributed by atoms with E-state index in [0.29, 0.717) is 0 Å². The van der Waals surface area contributed by atoms with Crippen molar-refractivity contribution in [2.75, 3.05) is 19.7 Å². The molecule has 0 amide bonds. The van der Waals surface area contributed by atoms with Gasteiger partial charge >= 0.3 is 0 Å². The lowest BCUT2D eigenvalue weighted by atomic mass is 10.1. The molecule has 0 radical (unpaired) electrons. The summed E-state index contributed by atoms with van der Waals surface area (Å²) >= 11 is 0. The van der Waals surface area contributed by atoms with Gasteiger partial charge in [-0.25, -0.2) is 9.97 Å². The van der Waals surface area contributed by atoms with Crippen LogP contribution < -0.4 is 5.73 Å². The van der Waals surface area contributed by atoms with Gasteiger partial charge in [0.15, 0.2) is 0 Å². The molecule has 3 N–H and O–H groups in total. The van der Waals surface area contributed by atoms with Gasteiger partial charge < -0.3 is 10.8 Å². The zero-order valence-corrected chi connectivity index (χ0v) is 11.3. The molecule has 0 fully saturated rings. The molecule has 0 spiro atoms. The SMILES string of the molecule is Cl.NC(CO)CCCN1CCc2ncncc2C1. The second-order valence-electron chi connectivity index (χ2n) is 4.61. The Morgan fingerprint density at radius 3 is 3.11 bits per heavy atom. The number of halogens is 1. The van der Waals surface area contributed by atoms with Gasteiger partial charge in [-0.3, -0.25) is 4.90 Å². The number of fused-ring (bicyclic) bond motifs is 1. The summed E-state index contributed by atoms with van der Waals surface area (Å²) in [5, 5.41) is 8.85. The topological polar surface area (TPSA) is 75.3 Å². The van der Waals surface area contributed by atoms with E-state index in [2.05, 4.69) is 14.9 Å². The van der Waals surface area contributed by atoms with Crippen LogP contribution in [0.5, 0.6) is 0 Å². The lowest BCUT2D eigenvalue weighted by molar-refractivity contribution is 0.226. The molecule has 0 bridgehead atoms. The van der Waals surface area contributed by atoms with Crippen LogP contribution in [0.1, 0.15) is 24.1 Å². The van der Waals surface area contributed by atoms with Crippen LogP contribution in [0.3, 0.4) is 0 Å². The monoisotopic (exact) mass is 272 g/mol. The van der Waals surface area contributed by atoms with Gasteiger partial charge in [-0.1, -0.05) is 0 Å². The van der Waals surface area contributed by atoms with Crippen LogP contribution in [0.15, 0.2) is 12.5 Å². The van der Waals surface area contributed by atoms with Gasteiger partial charge in [0.05, 0.1) is 6.61 Å². The first-order valence-electron chi connectivity index (χ1n) is 6.16. The Kier molecular flexibility index (Phi) is 6.49. The molecule has 6 heteroatoms. The molecule has 1 unspecified atom stereocenters. The Morgan fingerprint density at radius 1 is 1.50 bits per heavy atom. The molecule has 0 saturated heterocycles. The highest BCUT2D eigenvalue weighted by molar-refractivity contribution is 5.85. The maximum atomic E-state index is 8.85. The molecule has 2 heterocycles. The van der Waals surface area contributed by atoms with E-state index in [1.54, 1.807) is 6.33 Å². The quantitative estimate of drug-likeness (QED) is 0.809. The van der Waals surface area contributed by atoms with E-state index in [4.69, 9.17) is 10.8 Å². The van der Waals surface area contributed by atoms with E-state index in [0.717, 1.165) is 38.9 Å². The first kappa shape index (κ1) is 15.3.